The molecule has 0 spiro atoms. The van der Waals surface area contributed by atoms with Gasteiger partial charge in [-0.25, -0.2) is 0 Å². The Bertz CT molecular complexity index is 378. The van der Waals surface area contributed by atoms with Crippen molar-refractivity contribution < 1.29 is 5.11 Å². The molecule has 1 N–H and O–H groups in total. The smallest absolute Gasteiger partial charge is 0.0624 e. The highest BCUT2D eigenvalue weighted by Gasteiger charge is 2.34. The van der Waals surface area contributed by atoms with Crippen LogP contribution in [0.25, 0.3) is 0 Å². The van der Waals surface area contributed by atoms with Crippen molar-refractivity contribution in [2.24, 2.45) is 5.41 Å². The second-order valence-electron chi connectivity index (χ2n) is 5.19. The molecule has 1 saturated heterocycles. The number of aliphatic hydroxyl groups excluding tert-OH is 1. The number of aliphatic hydroxyl groups is 1. The summed E-state index contributed by atoms with van der Waals surface area (Å²) in [6.45, 7) is 6.09. The summed E-state index contributed by atoms with van der Waals surface area (Å²) >= 11 is 3.49. The first kappa shape index (κ1) is 11.9. The summed E-state index contributed by atoms with van der Waals surface area (Å²) < 4.78 is 1.11. The lowest BCUT2D eigenvalue weighted by atomic mass is 9.81. The number of rotatable bonds is 1. The second-order valence-corrected chi connectivity index (χ2v) is 6.11. The Morgan fingerprint density at radius 2 is 2.19 bits per heavy atom. The van der Waals surface area contributed by atoms with E-state index < -0.39 is 0 Å². The van der Waals surface area contributed by atoms with Gasteiger partial charge in [0.15, 0.2) is 0 Å². The Kier molecular flexibility index (Phi) is 3.27. The zero-order valence-electron chi connectivity index (χ0n) is 9.78. The van der Waals surface area contributed by atoms with Gasteiger partial charge in [0.1, 0.15) is 0 Å². The maximum Gasteiger partial charge on any atom is 0.0624 e. The van der Waals surface area contributed by atoms with Crippen LogP contribution in [-0.2, 0) is 0 Å². The minimum atomic E-state index is -0.184. The molecule has 0 saturated carbocycles. The van der Waals surface area contributed by atoms with Crippen LogP contribution in [0.3, 0.4) is 0 Å². The van der Waals surface area contributed by atoms with E-state index >= 15 is 0 Å². The van der Waals surface area contributed by atoms with Crippen molar-refractivity contribution in [2.45, 2.75) is 26.4 Å². The maximum atomic E-state index is 9.92. The average molecular weight is 284 g/mol. The zero-order valence-corrected chi connectivity index (χ0v) is 11.4. The van der Waals surface area contributed by atoms with Crippen LogP contribution in [0.4, 0.5) is 5.69 Å². The summed E-state index contributed by atoms with van der Waals surface area (Å²) in [5.74, 6) is 0. The molecule has 16 heavy (non-hydrogen) atoms. The first-order valence-electron chi connectivity index (χ1n) is 5.68. The predicted molar refractivity (Wildman–Crippen MR) is 70.8 cm³/mol. The molecule has 2 rings (SSSR count). The van der Waals surface area contributed by atoms with Gasteiger partial charge in [-0.05, 0) is 24.6 Å². The number of piperidine rings is 1. The third kappa shape index (κ3) is 2.41. The van der Waals surface area contributed by atoms with E-state index in [0.29, 0.717) is 0 Å². The number of nitrogens with zero attached hydrogens (tertiary/aromatic N) is 1. The molecule has 0 aliphatic carbocycles. The fourth-order valence-electron chi connectivity index (χ4n) is 2.24. The van der Waals surface area contributed by atoms with Gasteiger partial charge in [-0.2, -0.15) is 0 Å². The van der Waals surface area contributed by atoms with Gasteiger partial charge in [0.25, 0.3) is 0 Å². The molecule has 1 fully saturated rings. The van der Waals surface area contributed by atoms with Gasteiger partial charge < -0.3 is 10.0 Å². The predicted octanol–water partition coefficient (Wildman–Crippen LogP) is 3.05. The van der Waals surface area contributed by atoms with Crippen LogP contribution < -0.4 is 4.90 Å². The van der Waals surface area contributed by atoms with Crippen LogP contribution in [0.5, 0.6) is 0 Å². The number of benzene rings is 1. The number of halogens is 1. The van der Waals surface area contributed by atoms with Crippen LogP contribution in [0.1, 0.15) is 20.3 Å². The van der Waals surface area contributed by atoms with Crippen molar-refractivity contribution in [1.82, 2.24) is 0 Å². The Balaban J connectivity index is 2.18. The lowest BCUT2D eigenvalue weighted by Crippen LogP contribution is -2.48. The molecule has 1 atom stereocenters. The van der Waals surface area contributed by atoms with E-state index in [9.17, 15) is 5.11 Å². The monoisotopic (exact) mass is 283 g/mol. The molecular weight excluding hydrogens is 266 g/mol. The Morgan fingerprint density at radius 3 is 2.81 bits per heavy atom. The first-order chi connectivity index (χ1) is 7.49. The van der Waals surface area contributed by atoms with Crippen molar-refractivity contribution in [2.75, 3.05) is 18.0 Å². The minimum Gasteiger partial charge on any atom is -0.392 e. The quantitative estimate of drug-likeness (QED) is 0.856. The Labute approximate surface area is 105 Å². The van der Waals surface area contributed by atoms with Gasteiger partial charge in [-0.1, -0.05) is 35.8 Å². The molecule has 88 valence electrons. The normalized spacial score (nSPS) is 24.5. The van der Waals surface area contributed by atoms with Crippen molar-refractivity contribution in [3.8, 4) is 0 Å². The standard InChI is InChI=1S/C13H18BrNO/c1-13(2)9-15(7-6-12(13)16)11-5-3-4-10(14)8-11/h3-5,8,12,16H,6-7,9H2,1-2H3. The third-order valence-electron chi connectivity index (χ3n) is 3.35. The van der Waals surface area contributed by atoms with Crippen molar-refractivity contribution in [3.63, 3.8) is 0 Å². The van der Waals surface area contributed by atoms with E-state index in [1.54, 1.807) is 0 Å². The van der Waals surface area contributed by atoms with E-state index in [1.807, 2.05) is 6.07 Å². The average Bonchev–Trinajstić information content (AvgIpc) is 2.22. The number of hydrogen-bond donors (Lipinski definition) is 1. The fraction of sp³-hybridized carbons (Fsp3) is 0.538. The number of hydrogen-bond acceptors (Lipinski definition) is 2. The minimum absolute atomic E-state index is 0.0272. The highest BCUT2D eigenvalue weighted by Crippen LogP contribution is 2.32. The van der Waals surface area contributed by atoms with Gasteiger partial charge in [0.05, 0.1) is 6.10 Å². The van der Waals surface area contributed by atoms with Gasteiger partial charge in [0, 0.05) is 28.7 Å². The van der Waals surface area contributed by atoms with E-state index in [2.05, 4.69) is 52.9 Å². The fourth-order valence-corrected chi connectivity index (χ4v) is 2.63. The second kappa shape index (κ2) is 4.38. The van der Waals surface area contributed by atoms with E-state index in [1.165, 1.54) is 5.69 Å². The molecule has 0 bridgehead atoms. The molecule has 3 heteroatoms. The molecule has 1 aromatic carbocycles. The van der Waals surface area contributed by atoms with Gasteiger partial charge >= 0.3 is 0 Å². The van der Waals surface area contributed by atoms with E-state index in [-0.39, 0.29) is 11.5 Å². The van der Waals surface area contributed by atoms with Crippen molar-refractivity contribution in [1.29, 1.82) is 0 Å². The molecule has 1 unspecified atom stereocenters. The van der Waals surface area contributed by atoms with Crippen LogP contribution in [0, 0.1) is 5.41 Å². The third-order valence-corrected chi connectivity index (χ3v) is 3.84. The van der Waals surface area contributed by atoms with Crippen LogP contribution in [-0.4, -0.2) is 24.3 Å². The highest BCUT2D eigenvalue weighted by molar-refractivity contribution is 9.10. The largest absolute Gasteiger partial charge is 0.392 e. The van der Waals surface area contributed by atoms with E-state index in [4.69, 9.17) is 0 Å². The zero-order chi connectivity index (χ0) is 11.8. The van der Waals surface area contributed by atoms with Crippen LogP contribution >= 0.6 is 15.9 Å². The topological polar surface area (TPSA) is 23.5 Å². The molecule has 0 amide bonds. The molecule has 1 aromatic rings. The molecule has 1 aliphatic heterocycles. The molecule has 1 aliphatic rings. The Hall–Kier alpha value is -0.540. The molecule has 1 heterocycles. The number of anilines is 1. The summed E-state index contributed by atoms with van der Waals surface area (Å²) in [5, 5.41) is 9.92. The van der Waals surface area contributed by atoms with Gasteiger partial charge in [-0.15, -0.1) is 0 Å². The molecule has 0 radical (unpaired) electrons. The van der Waals surface area contributed by atoms with Crippen LogP contribution in [0.15, 0.2) is 28.7 Å². The van der Waals surface area contributed by atoms with Crippen molar-refractivity contribution >= 4 is 21.6 Å². The summed E-state index contributed by atoms with van der Waals surface area (Å²) in [5.41, 5.74) is 1.20. The lowest BCUT2D eigenvalue weighted by Gasteiger charge is -2.43. The van der Waals surface area contributed by atoms with Crippen molar-refractivity contribution in [3.05, 3.63) is 28.7 Å². The van der Waals surface area contributed by atoms with Crippen LogP contribution in [0.2, 0.25) is 0 Å². The first-order valence-corrected chi connectivity index (χ1v) is 6.47. The van der Waals surface area contributed by atoms with Gasteiger partial charge in [0.2, 0.25) is 0 Å². The lowest BCUT2D eigenvalue weighted by molar-refractivity contribution is 0.0336. The SMILES string of the molecule is CC1(C)CN(c2cccc(Br)c2)CCC1O. The van der Waals surface area contributed by atoms with Gasteiger partial charge in [-0.3, -0.25) is 0 Å². The van der Waals surface area contributed by atoms with E-state index in [0.717, 1.165) is 24.0 Å². The summed E-state index contributed by atoms with van der Waals surface area (Å²) in [4.78, 5) is 2.34. The summed E-state index contributed by atoms with van der Waals surface area (Å²) in [6, 6.07) is 8.34. The summed E-state index contributed by atoms with van der Waals surface area (Å²) in [6.07, 6.45) is 0.662. The molecular formula is C13H18BrNO. The Morgan fingerprint density at radius 1 is 1.44 bits per heavy atom. The molecule has 2 nitrogen and oxygen atoms in total. The maximum absolute atomic E-state index is 9.92. The molecule has 0 aromatic heterocycles. The highest BCUT2D eigenvalue weighted by atomic mass is 79.9. The summed E-state index contributed by atoms with van der Waals surface area (Å²) in [7, 11) is 0.